The number of nitrogens with zero attached hydrogens (tertiary/aromatic N) is 5. The molecule has 3 rings (SSSR count). The Morgan fingerprint density at radius 3 is 2.41 bits per heavy atom. The summed E-state index contributed by atoms with van der Waals surface area (Å²) in [6.45, 7) is 6.58. The molecular weight excluding hydrogens is 315 g/mol. The van der Waals surface area contributed by atoms with E-state index in [2.05, 4.69) is 27.0 Å². The fraction of sp³-hybridized carbons (Fsp3) is 0.846. The Hall–Kier alpha value is -0.930. The summed E-state index contributed by atoms with van der Waals surface area (Å²) < 4.78 is 37.7. The van der Waals surface area contributed by atoms with Crippen molar-refractivity contribution < 1.29 is 13.2 Å². The molecule has 3 heterocycles. The van der Waals surface area contributed by atoms with Crippen LogP contribution in [-0.4, -0.2) is 72.9 Å². The van der Waals surface area contributed by atoms with Crippen molar-refractivity contribution in [2.24, 2.45) is 5.92 Å². The lowest BCUT2D eigenvalue weighted by Gasteiger charge is -2.35. The van der Waals surface area contributed by atoms with Crippen molar-refractivity contribution in [1.82, 2.24) is 20.0 Å². The van der Waals surface area contributed by atoms with E-state index in [-0.39, 0.29) is 0 Å². The van der Waals surface area contributed by atoms with Crippen molar-refractivity contribution in [1.29, 1.82) is 0 Å². The van der Waals surface area contributed by atoms with Gasteiger partial charge in [-0.05, 0) is 25.9 Å². The maximum atomic E-state index is 12.6. The monoisotopic (exact) mass is 335 g/mol. The van der Waals surface area contributed by atoms with Crippen LogP contribution in [-0.2, 0) is 6.18 Å². The van der Waals surface area contributed by atoms with E-state index in [1.54, 1.807) is 0 Å². The topological polar surface area (TPSA) is 35.5 Å². The predicted octanol–water partition coefficient (Wildman–Crippen LogP) is 1.63. The molecule has 0 radical (unpaired) electrons. The summed E-state index contributed by atoms with van der Waals surface area (Å²) in [5.74, 6) is 0.718. The molecule has 22 heavy (non-hydrogen) atoms. The van der Waals surface area contributed by atoms with Gasteiger partial charge in [-0.15, -0.1) is 10.2 Å². The van der Waals surface area contributed by atoms with Crippen molar-refractivity contribution in [2.75, 3.05) is 57.8 Å². The lowest BCUT2D eigenvalue weighted by Crippen LogP contribution is -2.48. The summed E-state index contributed by atoms with van der Waals surface area (Å²) in [6, 6.07) is 0. The largest absolute Gasteiger partial charge is 0.445 e. The van der Waals surface area contributed by atoms with Gasteiger partial charge >= 0.3 is 6.18 Å². The molecule has 0 N–H and O–H groups in total. The molecule has 2 aliphatic heterocycles. The van der Waals surface area contributed by atoms with Crippen molar-refractivity contribution in [3.8, 4) is 0 Å². The maximum absolute atomic E-state index is 12.6. The minimum atomic E-state index is -4.40. The number of rotatable bonds is 3. The van der Waals surface area contributed by atoms with Gasteiger partial charge in [0.05, 0.1) is 0 Å². The summed E-state index contributed by atoms with van der Waals surface area (Å²) >= 11 is 0.634. The van der Waals surface area contributed by atoms with Gasteiger partial charge in [0.2, 0.25) is 10.1 Å². The zero-order chi connectivity index (χ0) is 15.7. The third kappa shape index (κ3) is 3.69. The average molecular weight is 335 g/mol. The molecule has 2 fully saturated rings. The van der Waals surface area contributed by atoms with Crippen molar-refractivity contribution in [3.05, 3.63) is 5.01 Å². The highest BCUT2D eigenvalue weighted by Crippen LogP contribution is 2.34. The summed E-state index contributed by atoms with van der Waals surface area (Å²) in [6.07, 6.45) is -3.16. The highest BCUT2D eigenvalue weighted by molar-refractivity contribution is 7.15. The van der Waals surface area contributed by atoms with Crippen molar-refractivity contribution in [3.63, 3.8) is 0 Å². The van der Waals surface area contributed by atoms with Gasteiger partial charge in [-0.1, -0.05) is 11.3 Å². The number of piperazine rings is 1. The Labute approximate surface area is 131 Å². The molecular formula is C13H20F3N5S. The zero-order valence-electron chi connectivity index (χ0n) is 12.5. The molecule has 5 nitrogen and oxygen atoms in total. The van der Waals surface area contributed by atoms with Gasteiger partial charge < -0.3 is 9.80 Å². The summed E-state index contributed by atoms with van der Waals surface area (Å²) in [5, 5.41) is 6.47. The lowest BCUT2D eigenvalue weighted by atomic mass is 10.1. The summed E-state index contributed by atoms with van der Waals surface area (Å²) in [7, 11) is 2.14. The summed E-state index contributed by atoms with van der Waals surface area (Å²) in [4.78, 5) is 6.66. The van der Waals surface area contributed by atoms with E-state index in [1.165, 1.54) is 6.42 Å². The van der Waals surface area contributed by atoms with Gasteiger partial charge in [0.25, 0.3) is 0 Å². The standard InChI is InChI=1S/C13H20F3N5S/c1-19-3-2-10(8-19)9-20-4-6-21(7-5-20)12-18-17-11(22-12)13(14,15)16/h10H,2-9H2,1H3. The molecule has 0 saturated carbocycles. The Kier molecular flexibility index (Phi) is 4.56. The van der Waals surface area contributed by atoms with Gasteiger partial charge in [0, 0.05) is 39.3 Å². The molecule has 0 bridgehead atoms. The minimum absolute atomic E-state index is 0.382. The Morgan fingerprint density at radius 1 is 1.14 bits per heavy atom. The molecule has 124 valence electrons. The van der Waals surface area contributed by atoms with E-state index in [4.69, 9.17) is 0 Å². The van der Waals surface area contributed by atoms with Crippen LogP contribution in [0.5, 0.6) is 0 Å². The number of halogens is 3. The Morgan fingerprint density at radius 2 is 1.86 bits per heavy atom. The van der Waals surface area contributed by atoms with E-state index >= 15 is 0 Å². The first-order valence-electron chi connectivity index (χ1n) is 7.48. The molecule has 0 aliphatic carbocycles. The van der Waals surface area contributed by atoms with Crippen LogP contribution in [0.2, 0.25) is 0 Å². The van der Waals surface area contributed by atoms with E-state index in [9.17, 15) is 13.2 Å². The molecule has 1 atom stereocenters. The van der Waals surface area contributed by atoms with Gasteiger partial charge in [0.15, 0.2) is 0 Å². The van der Waals surface area contributed by atoms with Crippen LogP contribution >= 0.6 is 11.3 Å². The number of hydrogen-bond acceptors (Lipinski definition) is 6. The molecule has 1 aromatic heterocycles. The molecule has 0 amide bonds. The van der Waals surface area contributed by atoms with Crippen molar-refractivity contribution in [2.45, 2.75) is 12.6 Å². The molecule has 2 aliphatic rings. The fourth-order valence-electron chi connectivity index (χ4n) is 3.12. The smallest absolute Gasteiger partial charge is 0.344 e. The second-order valence-corrected chi connectivity index (χ2v) is 7.05. The first-order chi connectivity index (χ1) is 10.4. The fourth-order valence-corrected chi connectivity index (χ4v) is 3.88. The van der Waals surface area contributed by atoms with Crippen molar-refractivity contribution >= 4 is 16.5 Å². The number of aromatic nitrogens is 2. The van der Waals surface area contributed by atoms with Crippen LogP contribution in [0.25, 0.3) is 0 Å². The van der Waals surface area contributed by atoms with Crippen LogP contribution in [0.3, 0.4) is 0 Å². The van der Waals surface area contributed by atoms with Crippen LogP contribution in [0, 0.1) is 5.92 Å². The van der Waals surface area contributed by atoms with Gasteiger partial charge in [-0.25, -0.2) is 0 Å². The molecule has 2 saturated heterocycles. The highest BCUT2D eigenvalue weighted by atomic mass is 32.1. The SMILES string of the molecule is CN1CCC(CN2CCN(c3nnc(C(F)(F)F)s3)CC2)C1. The highest BCUT2D eigenvalue weighted by Gasteiger charge is 2.36. The maximum Gasteiger partial charge on any atom is 0.445 e. The van der Waals surface area contributed by atoms with E-state index in [0.717, 1.165) is 51.7 Å². The Bertz CT molecular complexity index is 498. The number of anilines is 1. The normalized spacial score (nSPS) is 25.1. The molecule has 0 aromatic carbocycles. The predicted molar refractivity (Wildman–Crippen MR) is 79.2 cm³/mol. The first kappa shape index (κ1) is 15.9. The van der Waals surface area contributed by atoms with Gasteiger partial charge in [-0.3, -0.25) is 4.90 Å². The first-order valence-corrected chi connectivity index (χ1v) is 8.30. The zero-order valence-corrected chi connectivity index (χ0v) is 13.3. The summed E-state index contributed by atoms with van der Waals surface area (Å²) in [5.41, 5.74) is 0. The van der Waals surface area contributed by atoms with Gasteiger partial charge in [0.1, 0.15) is 0 Å². The van der Waals surface area contributed by atoms with Crippen LogP contribution in [0.4, 0.5) is 18.3 Å². The quantitative estimate of drug-likeness (QED) is 0.839. The van der Waals surface area contributed by atoms with Gasteiger partial charge in [-0.2, -0.15) is 13.2 Å². The van der Waals surface area contributed by atoms with E-state index in [1.807, 2.05) is 4.90 Å². The van der Waals surface area contributed by atoms with Crippen LogP contribution in [0.1, 0.15) is 11.4 Å². The number of hydrogen-bond donors (Lipinski definition) is 0. The van der Waals surface area contributed by atoms with Crippen LogP contribution in [0.15, 0.2) is 0 Å². The second kappa shape index (κ2) is 6.29. The molecule has 1 aromatic rings. The number of likely N-dealkylation sites (tertiary alicyclic amines) is 1. The van der Waals surface area contributed by atoms with E-state index < -0.39 is 11.2 Å². The molecule has 1 unspecified atom stereocenters. The third-order valence-corrected chi connectivity index (χ3v) is 5.33. The number of alkyl halides is 3. The lowest BCUT2D eigenvalue weighted by molar-refractivity contribution is -0.138. The van der Waals surface area contributed by atoms with Crippen LogP contribution < -0.4 is 4.90 Å². The minimum Gasteiger partial charge on any atom is -0.344 e. The molecule has 9 heteroatoms. The van der Waals surface area contributed by atoms with E-state index in [0.29, 0.717) is 16.5 Å². The third-order valence-electron chi connectivity index (χ3n) is 4.30. The molecule has 0 spiro atoms. The second-order valence-electron chi connectivity index (χ2n) is 6.09. The average Bonchev–Trinajstić information content (AvgIpc) is 3.08. The Balaban J connectivity index is 1.50.